The number of hydrogen-bond donors (Lipinski definition) is 1. The Morgan fingerprint density at radius 1 is 1.48 bits per heavy atom. The molecule has 0 aliphatic carbocycles. The van der Waals surface area contributed by atoms with Crippen LogP contribution in [0, 0.1) is 0 Å². The first-order chi connectivity index (χ1) is 9.87. The number of nitrogens with zero attached hydrogens (tertiary/aromatic N) is 1. The molecule has 1 saturated heterocycles. The molecule has 0 bridgehead atoms. The number of allylic oxidation sites excluding steroid dienone is 2. The third-order valence-electron chi connectivity index (χ3n) is 2.50. The number of carbonyl (C=O) groups is 1. The Hall–Kier alpha value is -1.42. The summed E-state index contributed by atoms with van der Waals surface area (Å²) in [5.74, 6) is -0.277. The van der Waals surface area contributed by atoms with E-state index in [1.807, 2.05) is 0 Å². The van der Waals surface area contributed by atoms with Crippen molar-refractivity contribution in [2.45, 2.75) is 0 Å². The van der Waals surface area contributed by atoms with Gasteiger partial charge < -0.3 is 4.42 Å². The van der Waals surface area contributed by atoms with Gasteiger partial charge in [0.25, 0.3) is 16.0 Å². The zero-order valence-electron chi connectivity index (χ0n) is 10.6. The van der Waals surface area contributed by atoms with Crippen molar-refractivity contribution in [1.29, 1.82) is 0 Å². The van der Waals surface area contributed by atoms with Crippen LogP contribution < -0.4 is 0 Å². The minimum Gasteiger partial charge on any atom is -0.465 e. The van der Waals surface area contributed by atoms with E-state index < -0.39 is 15.9 Å². The molecular formula is C12H11NO5S3. The van der Waals surface area contributed by atoms with Crippen LogP contribution in [0.5, 0.6) is 0 Å². The molecule has 1 fully saturated rings. The average Bonchev–Trinajstić information content (AvgIpc) is 2.97. The molecule has 2 rings (SSSR count). The van der Waals surface area contributed by atoms with Gasteiger partial charge in [-0.15, -0.1) is 0 Å². The molecule has 112 valence electrons. The fourth-order valence-electron chi connectivity index (χ4n) is 1.53. The Morgan fingerprint density at radius 2 is 2.24 bits per heavy atom. The number of thioether (sulfide) groups is 1. The highest BCUT2D eigenvalue weighted by Crippen LogP contribution is 2.30. The molecule has 1 aliphatic rings. The van der Waals surface area contributed by atoms with Crippen molar-refractivity contribution >= 4 is 50.4 Å². The normalized spacial score (nSPS) is 18.3. The summed E-state index contributed by atoms with van der Waals surface area (Å²) in [4.78, 5) is 13.6. The number of amides is 1. The van der Waals surface area contributed by atoms with E-state index in [4.69, 9.17) is 21.2 Å². The second-order valence-electron chi connectivity index (χ2n) is 4.02. The SMILES string of the molecule is O=C1/C(=C\C=C\c2ccco2)SC(=S)N1CCS(=O)(=O)O. The molecule has 1 amide bonds. The highest BCUT2D eigenvalue weighted by molar-refractivity contribution is 8.26. The van der Waals surface area contributed by atoms with E-state index in [0.717, 1.165) is 16.7 Å². The van der Waals surface area contributed by atoms with Crippen LogP contribution in [0.15, 0.2) is 39.9 Å². The van der Waals surface area contributed by atoms with Crippen molar-refractivity contribution in [3.63, 3.8) is 0 Å². The van der Waals surface area contributed by atoms with E-state index in [1.54, 1.807) is 30.4 Å². The highest BCUT2D eigenvalue weighted by Gasteiger charge is 2.32. The molecule has 0 unspecified atom stereocenters. The second kappa shape index (κ2) is 6.56. The second-order valence-corrected chi connectivity index (χ2v) is 7.26. The van der Waals surface area contributed by atoms with Gasteiger partial charge in [-0.2, -0.15) is 8.42 Å². The number of hydrogen-bond acceptors (Lipinski definition) is 6. The van der Waals surface area contributed by atoms with Crippen molar-refractivity contribution in [3.05, 3.63) is 41.2 Å². The highest BCUT2D eigenvalue weighted by atomic mass is 32.2. The summed E-state index contributed by atoms with van der Waals surface area (Å²) in [5.41, 5.74) is 0. The maximum absolute atomic E-state index is 12.0. The fourth-order valence-corrected chi connectivity index (χ4v) is 3.20. The largest absolute Gasteiger partial charge is 0.465 e. The molecule has 21 heavy (non-hydrogen) atoms. The molecule has 0 saturated carbocycles. The van der Waals surface area contributed by atoms with Gasteiger partial charge in [0, 0.05) is 6.54 Å². The first-order valence-electron chi connectivity index (χ1n) is 5.77. The smallest absolute Gasteiger partial charge is 0.266 e. The molecule has 1 N–H and O–H groups in total. The van der Waals surface area contributed by atoms with Crippen molar-refractivity contribution in [2.75, 3.05) is 12.3 Å². The van der Waals surface area contributed by atoms with Crippen molar-refractivity contribution in [3.8, 4) is 0 Å². The van der Waals surface area contributed by atoms with Gasteiger partial charge in [-0.25, -0.2) is 0 Å². The Kier molecular flexibility index (Phi) is 4.99. The Balaban J connectivity index is 2.03. The van der Waals surface area contributed by atoms with Crippen LogP contribution in [0.25, 0.3) is 6.08 Å². The molecule has 1 aromatic rings. The molecule has 0 aromatic carbocycles. The minimum absolute atomic E-state index is 0.164. The van der Waals surface area contributed by atoms with E-state index in [1.165, 1.54) is 6.26 Å². The van der Waals surface area contributed by atoms with E-state index in [9.17, 15) is 13.2 Å². The Labute approximate surface area is 131 Å². The quantitative estimate of drug-likeness (QED) is 0.495. The van der Waals surface area contributed by atoms with Gasteiger partial charge in [0.1, 0.15) is 10.1 Å². The molecule has 0 radical (unpaired) electrons. The summed E-state index contributed by atoms with van der Waals surface area (Å²) in [6, 6.07) is 3.51. The van der Waals surface area contributed by atoms with Crippen LogP contribution in [0.3, 0.4) is 0 Å². The third kappa shape index (κ3) is 4.53. The number of carbonyl (C=O) groups excluding carboxylic acids is 1. The minimum atomic E-state index is -4.13. The zero-order chi connectivity index (χ0) is 15.5. The van der Waals surface area contributed by atoms with Gasteiger partial charge in [-0.1, -0.05) is 30.1 Å². The Morgan fingerprint density at radius 3 is 2.86 bits per heavy atom. The molecule has 1 aromatic heterocycles. The van der Waals surface area contributed by atoms with Crippen LogP contribution in [0.4, 0.5) is 0 Å². The van der Waals surface area contributed by atoms with E-state index >= 15 is 0 Å². The standard InChI is InChI=1S/C12H11NO5S3/c14-11-10(5-1-3-9-4-2-7-18-9)20-12(19)13(11)6-8-21(15,16)17/h1-5,7H,6,8H2,(H,15,16,17)/b3-1+,10-5+. The van der Waals surface area contributed by atoms with Gasteiger partial charge in [0.15, 0.2) is 0 Å². The van der Waals surface area contributed by atoms with Gasteiger partial charge in [0.2, 0.25) is 0 Å². The van der Waals surface area contributed by atoms with Gasteiger partial charge in [0.05, 0.1) is 16.9 Å². The first-order valence-corrected chi connectivity index (χ1v) is 8.61. The molecule has 2 heterocycles. The average molecular weight is 345 g/mol. The van der Waals surface area contributed by atoms with Crippen molar-refractivity contribution in [2.24, 2.45) is 0 Å². The summed E-state index contributed by atoms with van der Waals surface area (Å²) in [7, 11) is -4.13. The van der Waals surface area contributed by atoms with Gasteiger partial charge in [-0.05, 0) is 24.3 Å². The Bertz CT molecular complexity index is 703. The number of thiocarbonyl (C=S) groups is 1. The number of rotatable bonds is 5. The molecule has 0 atom stereocenters. The van der Waals surface area contributed by atoms with Crippen molar-refractivity contribution in [1.82, 2.24) is 4.90 Å². The summed E-state index contributed by atoms with van der Waals surface area (Å²) in [6.07, 6.45) is 6.45. The molecule has 1 aliphatic heterocycles. The van der Waals surface area contributed by atoms with E-state index in [0.29, 0.717) is 10.7 Å². The summed E-state index contributed by atoms with van der Waals surface area (Å²) in [5, 5.41) is 0. The molecule has 9 heteroatoms. The van der Waals surface area contributed by atoms with E-state index in [-0.39, 0.29) is 16.8 Å². The predicted octanol–water partition coefficient (Wildman–Crippen LogP) is 1.92. The van der Waals surface area contributed by atoms with E-state index in [2.05, 4.69) is 0 Å². The lowest BCUT2D eigenvalue weighted by atomic mass is 10.3. The van der Waals surface area contributed by atoms with Crippen LogP contribution in [-0.4, -0.2) is 40.4 Å². The first kappa shape index (κ1) is 16.0. The van der Waals surface area contributed by atoms with Gasteiger partial charge >= 0.3 is 0 Å². The predicted molar refractivity (Wildman–Crippen MR) is 84.1 cm³/mol. The third-order valence-corrected chi connectivity index (χ3v) is 4.59. The van der Waals surface area contributed by atoms with Crippen LogP contribution in [0.1, 0.15) is 5.76 Å². The van der Waals surface area contributed by atoms with Crippen LogP contribution >= 0.6 is 24.0 Å². The maximum atomic E-state index is 12.0. The molecular weight excluding hydrogens is 334 g/mol. The lowest BCUT2D eigenvalue weighted by Gasteiger charge is -2.12. The summed E-state index contributed by atoms with van der Waals surface area (Å²) >= 11 is 6.10. The lowest BCUT2D eigenvalue weighted by Crippen LogP contribution is -2.32. The van der Waals surface area contributed by atoms with Crippen molar-refractivity contribution < 1.29 is 22.2 Å². The zero-order valence-corrected chi connectivity index (χ0v) is 13.1. The lowest BCUT2D eigenvalue weighted by molar-refractivity contribution is -0.122. The topological polar surface area (TPSA) is 87.8 Å². The monoisotopic (exact) mass is 345 g/mol. The number of furan rings is 1. The summed E-state index contributed by atoms with van der Waals surface area (Å²) < 4.78 is 35.5. The summed E-state index contributed by atoms with van der Waals surface area (Å²) in [6.45, 7) is -0.164. The van der Waals surface area contributed by atoms with Crippen LogP contribution in [0.2, 0.25) is 0 Å². The molecule has 0 spiro atoms. The van der Waals surface area contributed by atoms with Gasteiger partial charge in [-0.3, -0.25) is 14.2 Å². The van der Waals surface area contributed by atoms with Crippen LogP contribution in [-0.2, 0) is 14.9 Å². The maximum Gasteiger partial charge on any atom is 0.266 e. The molecule has 6 nitrogen and oxygen atoms in total. The fraction of sp³-hybridized carbons (Fsp3) is 0.167.